The van der Waals surface area contributed by atoms with Gasteiger partial charge in [-0.2, -0.15) is 0 Å². The molecule has 1 aromatic carbocycles. The molecule has 19 heavy (non-hydrogen) atoms. The number of rotatable bonds is 4. The van der Waals surface area contributed by atoms with E-state index >= 15 is 0 Å². The molecule has 0 spiro atoms. The van der Waals surface area contributed by atoms with Crippen LogP contribution in [0.1, 0.15) is 12.5 Å². The zero-order chi connectivity index (χ0) is 13.7. The van der Waals surface area contributed by atoms with Gasteiger partial charge in [-0.1, -0.05) is 30.3 Å². The molecule has 0 aliphatic carbocycles. The van der Waals surface area contributed by atoms with E-state index in [1.807, 2.05) is 30.3 Å². The van der Waals surface area contributed by atoms with Crippen LogP contribution in [0.3, 0.4) is 0 Å². The van der Waals surface area contributed by atoms with Crippen LogP contribution in [-0.2, 0) is 11.4 Å². The minimum atomic E-state index is -0.190. The average molecular weight is 257 g/mol. The van der Waals surface area contributed by atoms with Gasteiger partial charge in [0.25, 0.3) is 0 Å². The van der Waals surface area contributed by atoms with Crippen LogP contribution >= 0.6 is 0 Å². The Kier molecular flexibility index (Phi) is 3.97. The Morgan fingerprint density at radius 2 is 2.11 bits per heavy atom. The van der Waals surface area contributed by atoms with Crippen LogP contribution in [0.4, 0.5) is 11.5 Å². The molecule has 0 aliphatic rings. The lowest BCUT2D eigenvalue weighted by Gasteiger charge is -2.10. The van der Waals surface area contributed by atoms with Crippen molar-refractivity contribution in [2.75, 3.05) is 11.1 Å². The first-order valence-electron chi connectivity index (χ1n) is 5.85. The number of nitrogens with two attached hydrogens (primary N) is 1. The molecule has 2 rings (SSSR count). The predicted molar refractivity (Wildman–Crippen MR) is 73.7 cm³/mol. The summed E-state index contributed by atoms with van der Waals surface area (Å²) >= 11 is 0. The van der Waals surface area contributed by atoms with Gasteiger partial charge in [0, 0.05) is 13.0 Å². The van der Waals surface area contributed by atoms with Crippen molar-refractivity contribution < 1.29 is 9.53 Å². The van der Waals surface area contributed by atoms with E-state index in [-0.39, 0.29) is 5.91 Å². The Morgan fingerprint density at radius 3 is 2.74 bits per heavy atom. The molecule has 1 amide bonds. The monoisotopic (exact) mass is 257 g/mol. The number of hydrogen-bond acceptors (Lipinski definition) is 4. The zero-order valence-corrected chi connectivity index (χ0v) is 10.6. The number of hydrogen-bond donors (Lipinski definition) is 2. The second-order valence-corrected chi connectivity index (χ2v) is 4.06. The van der Waals surface area contributed by atoms with Crippen LogP contribution in [0.2, 0.25) is 0 Å². The van der Waals surface area contributed by atoms with E-state index in [1.54, 1.807) is 6.07 Å². The lowest BCUT2D eigenvalue weighted by Crippen LogP contribution is -2.08. The van der Waals surface area contributed by atoms with Gasteiger partial charge in [-0.15, -0.1) is 0 Å². The molecule has 5 nitrogen and oxygen atoms in total. The molecule has 98 valence electrons. The van der Waals surface area contributed by atoms with Gasteiger partial charge in [-0.3, -0.25) is 4.79 Å². The van der Waals surface area contributed by atoms with Gasteiger partial charge in [0.05, 0.1) is 11.9 Å². The Balaban J connectivity index is 2.03. The molecule has 0 atom stereocenters. The van der Waals surface area contributed by atoms with Gasteiger partial charge in [0.1, 0.15) is 12.4 Å². The van der Waals surface area contributed by atoms with Crippen molar-refractivity contribution in [2.24, 2.45) is 0 Å². The fourth-order valence-corrected chi connectivity index (χ4v) is 1.56. The van der Waals surface area contributed by atoms with Crippen molar-refractivity contribution in [1.29, 1.82) is 0 Å². The second kappa shape index (κ2) is 5.86. The summed E-state index contributed by atoms with van der Waals surface area (Å²) in [6, 6.07) is 11.3. The lowest BCUT2D eigenvalue weighted by atomic mass is 10.2. The third kappa shape index (κ3) is 3.70. The SMILES string of the molecule is CC(=O)Nc1cc(N)c(OCc2ccccc2)cn1. The smallest absolute Gasteiger partial charge is 0.222 e. The Labute approximate surface area is 111 Å². The molecule has 5 heteroatoms. The number of aromatic nitrogens is 1. The first kappa shape index (κ1) is 12.9. The third-order valence-electron chi connectivity index (χ3n) is 2.44. The van der Waals surface area contributed by atoms with Crippen molar-refractivity contribution in [3.63, 3.8) is 0 Å². The van der Waals surface area contributed by atoms with Crippen molar-refractivity contribution in [1.82, 2.24) is 4.98 Å². The van der Waals surface area contributed by atoms with Crippen LogP contribution in [0.5, 0.6) is 5.75 Å². The number of ether oxygens (including phenoxy) is 1. The minimum absolute atomic E-state index is 0.190. The molecule has 1 heterocycles. The Bertz CT molecular complexity index is 570. The number of benzene rings is 1. The van der Waals surface area contributed by atoms with Gasteiger partial charge in [-0.25, -0.2) is 4.98 Å². The second-order valence-electron chi connectivity index (χ2n) is 4.06. The Morgan fingerprint density at radius 1 is 1.37 bits per heavy atom. The van der Waals surface area contributed by atoms with Gasteiger partial charge in [-0.05, 0) is 5.56 Å². The van der Waals surface area contributed by atoms with Crippen molar-refractivity contribution in [3.05, 3.63) is 48.2 Å². The number of nitrogen functional groups attached to an aromatic ring is 1. The van der Waals surface area contributed by atoms with Crippen LogP contribution in [-0.4, -0.2) is 10.9 Å². The summed E-state index contributed by atoms with van der Waals surface area (Å²) in [6.07, 6.45) is 1.50. The molecule has 0 unspecified atom stereocenters. The normalized spacial score (nSPS) is 9.95. The van der Waals surface area contributed by atoms with Crippen molar-refractivity contribution >= 4 is 17.4 Å². The van der Waals surface area contributed by atoms with Crippen LogP contribution in [0.15, 0.2) is 42.6 Å². The summed E-state index contributed by atoms with van der Waals surface area (Å²) in [6.45, 7) is 1.84. The van der Waals surface area contributed by atoms with E-state index in [2.05, 4.69) is 10.3 Å². The molecular weight excluding hydrogens is 242 g/mol. The number of pyridine rings is 1. The van der Waals surface area contributed by atoms with Crippen molar-refractivity contribution in [2.45, 2.75) is 13.5 Å². The highest BCUT2D eigenvalue weighted by atomic mass is 16.5. The number of anilines is 2. The fraction of sp³-hybridized carbons (Fsp3) is 0.143. The summed E-state index contributed by atoms with van der Waals surface area (Å²) in [5.41, 5.74) is 7.33. The van der Waals surface area contributed by atoms with Gasteiger partial charge in [0.2, 0.25) is 5.91 Å². The van der Waals surface area contributed by atoms with Crippen molar-refractivity contribution in [3.8, 4) is 5.75 Å². The number of amides is 1. The first-order valence-corrected chi connectivity index (χ1v) is 5.85. The summed E-state index contributed by atoms with van der Waals surface area (Å²) in [5, 5.41) is 2.56. The first-order chi connectivity index (χ1) is 9.15. The van der Waals surface area contributed by atoms with Gasteiger partial charge < -0.3 is 15.8 Å². The molecule has 1 aromatic heterocycles. The maximum Gasteiger partial charge on any atom is 0.222 e. The summed E-state index contributed by atoms with van der Waals surface area (Å²) in [4.78, 5) is 15.0. The van der Waals surface area contributed by atoms with E-state index in [0.717, 1.165) is 5.56 Å². The van der Waals surface area contributed by atoms with Crippen LogP contribution < -0.4 is 15.8 Å². The number of nitrogens with zero attached hydrogens (tertiary/aromatic N) is 1. The molecular formula is C14H15N3O2. The fourth-order valence-electron chi connectivity index (χ4n) is 1.56. The van der Waals surface area contributed by atoms with E-state index in [1.165, 1.54) is 13.1 Å². The highest BCUT2D eigenvalue weighted by molar-refractivity contribution is 5.88. The molecule has 0 bridgehead atoms. The maximum absolute atomic E-state index is 10.9. The predicted octanol–water partition coefficient (Wildman–Crippen LogP) is 2.20. The summed E-state index contributed by atoms with van der Waals surface area (Å²) < 4.78 is 5.58. The standard InChI is InChI=1S/C14H15N3O2/c1-10(18)17-14-7-12(15)13(8-16-14)19-9-11-5-3-2-4-6-11/h2-8H,9H2,1H3,(H3,15,16,17,18). The largest absolute Gasteiger partial charge is 0.485 e. The zero-order valence-electron chi connectivity index (χ0n) is 10.6. The van der Waals surface area contributed by atoms with Gasteiger partial charge >= 0.3 is 0 Å². The number of carbonyl (C=O) groups excluding carboxylic acids is 1. The van der Waals surface area contributed by atoms with E-state index < -0.39 is 0 Å². The van der Waals surface area contributed by atoms with E-state index in [4.69, 9.17) is 10.5 Å². The van der Waals surface area contributed by atoms with Crippen LogP contribution in [0, 0.1) is 0 Å². The molecule has 2 aromatic rings. The molecule has 0 saturated heterocycles. The molecule has 3 N–H and O–H groups in total. The third-order valence-corrected chi connectivity index (χ3v) is 2.44. The van der Waals surface area contributed by atoms with Crippen LogP contribution in [0.25, 0.3) is 0 Å². The molecule has 0 fully saturated rings. The highest BCUT2D eigenvalue weighted by Gasteiger charge is 2.04. The average Bonchev–Trinajstić information content (AvgIpc) is 2.38. The molecule has 0 radical (unpaired) electrons. The molecule has 0 aliphatic heterocycles. The van der Waals surface area contributed by atoms with E-state index in [0.29, 0.717) is 23.9 Å². The quantitative estimate of drug-likeness (QED) is 0.880. The summed E-state index contributed by atoms with van der Waals surface area (Å²) in [7, 11) is 0. The Hall–Kier alpha value is -2.56. The number of carbonyl (C=O) groups is 1. The number of nitrogens with one attached hydrogen (secondary N) is 1. The van der Waals surface area contributed by atoms with Gasteiger partial charge in [0.15, 0.2) is 5.75 Å². The summed E-state index contributed by atoms with van der Waals surface area (Å²) in [5.74, 6) is 0.722. The molecule has 0 saturated carbocycles. The highest BCUT2D eigenvalue weighted by Crippen LogP contribution is 2.23. The lowest BCUT2D eigenvalue weighted by molar-refractivity contribution is -0.114. The minimum Gasteiger partial charge on any atom is -0.485 e. The van der Waals surface area contributed by atoms with E-state index in [9.17, 15) is 4.79 Å². The maximum atomic E-state index is 10.9. The topological polar surface area (TPSA) is 77.2 Å².